The SMILES string of the molecule is Cc1cn2c3c(=O)n(C)c(=O)n(C)c3nc2n1C1CCCCC1. The molecule has 1 saturated carbocycles. The largest absolute Gasteiger partial charge is 0.332 e. The van der Waals surface area contributed by atoms with Crippen molar-refractivity contribution in [1.29, 1.82) is 0 Å². The van der Waals surface area contributed by atoms with E-state index in [-0.39, 0.29) is 11.2 Å². The number of fused-ring (bicyclic) bond motifs is 3. The summed E-state index contributed by atoms with van der Waals surface area (Å²) in [7, 11) is 3.17. The van der Waals surface area contributed by atoms with Crippen LogP contribution in [0.1, 0.15) is 43.8 Å². The van der Waals surface area contributed by atoms with E-state index in [0.29, 0.717) is 17.2 Å². The Balaban J connectivity index is 2.10. The molecule has 7 heteroatoms. The molecule has 0 atom stereocenters. The fourth-order valence-electron chi connectivity index (χ4n) is 3.89. The molecule has 3 aromatic heterocycles. The highest BCUT2D eigenvalue weighted by Crippen LogP contribution is 2.31. The fourth-order valence-corrected chi connectivity index (χ4v) is 3.89. The van der Waals surface area contributed by atoms with E-state index in [1.807, 2.05) is 10.6 Å². The zero-order valence-corrected chi connectivity index (χ0v) is 13.7. The van der Waals surface area contributed by atoms with Crippen molar-refractivity contribution in [1.82, 2.24) is 23.1 Å². The molecule has 0 aromatic carbocycles. The molecule has 0 unspecified atom stereocenters. The van der Waals surface area contributed by atoms with Crippen LogP contribution in [0.2, 0.25) is 0 Å². The number of rotatable bonds is 1. The third kappa shape index (κ3) is 1.85. The van der Waals surface area contributed by atoms with E-state index in [4.69, 9.17) is 0 Å². The van der Waals surface area contributed by atoms with Gasteiger partial charge in [0.15, 0.2) is 11.2 Å². The molecule has 0 spiro atoms. The maximum absolute atomic E-state index is 12.6. The zero-order valence-electron chi connectivity index (χ0n) is 13.7. The van der Waals surface area contributed by atoms with Crippen LogP contribution in [0.15, 0.2) is 15.8 Å². The Morgan fingerprint density at radius 2 is 1.78 bits per heavy atom. The van der Waals surface area contributed by atoms with Gasteiger partial charge in [0.05, 0.1) is 0 Å². The van der Waals surface area contributed by atoms with Crippen molar-refractivity contribution in [3.05, 3.63) is 32.7 Å². The van der Waals surface area contributed by atoms with Crippen LogP contribution in [0, 0.1) is 6.92 Å². The van der Waals surface area contributed by atoms with Gasteiger partial charge in [0.25, 0.3) is 5.56 Å². The first-order chi connectivity index (χ1) is 11.0. The third-order valence-electron chi connectivity index (χ3n) is 5.12. The van der Waals surface area contributed by atoms with Gasteiger partial charge in [0, 0.05) is 32.0 Å². The summed E-state index contributed by atoms with van der Waals surface area (Å²) in [6.45, 7) is 2.06. The van der Waals surface area contributed by atoms with Gasteiger partial charge in [-0.3, -0.25) is 18.3 Å². The van der Waals surface area contributed by atoms with Gasteiger partial charge in [-0.1, -0.05) is 19.3 Å². The van der Waals surface area contributed by atoms with Crippen LogP contribution < -0.4 is 11.2 Å². The maximum Gasteiger partial charge on any atom is 0.332 e. The Morgan fingerprint density at radius 3 is 2.48 bits per heavy atom. The quantitative estimate of drug-likeness (QED) is 0.683. The van der Waals surface area contributed by atoms with Gasteiger partial charge in [0.1, 0.15) is 0 Å². The van der Waals surface area contributed by atoms with Crippen LogP contribution in [0.25, 0.3) is 16.9 Å². The van der Waals surface area contributed by atoms with Gasteiger partial charge in [-0.05, 0) is 19.8 Å². The molecule has 0 amide bonds. The first-order valence-electron chi connectivity index (χ1n) is 8.16. The second-order valence-corrected chi connectivity index (χ2v) is 6.59. The van der Waals surface area contributed by atoms with Gasteiger partial charge in [-0.15, -0.1) is 0 Å². The number of aromatic nitrogens is 5. The molecule has 122 valence electrons. The third-order valence-corrected chi connectivity index (χ3v) is 5.12. The molecular formula is C16H21N5O2. The molecule has 0 N–H and O–H groups in total. The van der Waals surface area contributed by atoms with Crippen LogP contribution >= 0.6 is 0 Å². The summed E-state index contributed by atoms with van der Waals surface area (Å²) in [5.41, 5.74) is 1.40. The van der Waals surface area contributed by atoms with Gasteiger partial charge >= 0.3 is 5.69 Å². The second-order valence-electron chi connectivity index (χ2n) is 6.59. The summed E-state index contributed by atoms with van der Waals surface area (Å²) < 4.78 is 6.68. The molecule has 3 heterocycles. The molecule has 1 aliphatic carbocycles. The lowest BCUT2D eigenvalue weighted by Gasteiger charge is -2.24. The molecule has 0 radical (unpaired) electrons. The van der Waals surface area contributed by atoms with Crippen molar-refractivity contribution < 1.29 is 0 Å². The molecule has 1 aliphatic rings. The van der Waals surface area contributed by atoms with Crippen LogP contribution in [0.3, 0.4) is 0 Å². The Kier molecular flexibility index (Phi) is 3.01. The van der Waals surface area contributed by atoms with E-state index < -0.39 is 0 Å². The van der Waals surface area contributed by atoms with Crippen molar-refractivity contribution in [2.24, 2.45) is 14.1 Å². The van der Waals surface area contributed by atoms with E-state index >= 15 is 0 Å². The molecule has 7 nitrogen and oxygen atoms in total. The molecule has 0 bridgehead atoms. The van der Waals surface area contributed by atoms with Crippen LogP contribution in [0.5, 0.6) is 0 Å². The minimum absolute atomic E-state index is 0.295. The van der Waals surface area contributed by atoms with Gasteiger partial charge < -0.3 is 4.57 Å². The summed E-state index contributed by atoms with van der Waals surface area (Å²) in [6, 6.07) is 0.430. The molecule has 1 fully saturated rings. The predicted octanol–water partition coefficient (Wildman–Crippen LogP) is 1.50. The standard InChI is InChI=1S/C16H21N5O2/c1-10-9-20-12-13(18(2)16(23)19(3)14(12)22)17-15(20)21(10)11-7-5-4-6-8-11/h9,11H,4-8H2,1-3H3. The second kappa shape index (κ2) is 4.84. The van der Waals surface area contributed by atoms with E-state index in [2.05, 4.69) is 16.5 Å². The number of hydrogen-bond donors (Lipinski definition) is 0. The lowest BCUT2D eigenvalue weighted by atomic mass is 9.95. The number of imidazole rings is 2. The summed E-state index contributed by atoms with van der Waals surface area (Å²) in [6.07, 6.45) is 8.00. The normalized spacial score (nSPS) is 16.7. The van der Waals surface area contributed by atoms with Crippen LogP contribution in [0.4, 0.5) is 0 Å². The molecule has 0 saturated heterocycles. The first-order valence-corrected chi connectivity index (χ1v) is 8.16. The predicted molar refractivity (Wildman–Crippen MR) is 88.0 cm³/mol. The van der Waals surface area contributed by atoms with Crippen molar-refractivity contribution in [2.45, 2.75) is 45.1 Å². The van der Waals surface area contributed by atoms with E-state index in [1.54, 1.807) is 7.05 Å². The van der Waals surface area contributed by atoms with Crippen molar-refractivity contribution in [3.8, 4) is 0 Å². The summed E-state index contributed by atoms with van der Waals surface area (Å²) in [5, 5.41) is 0. The van der Waals surface area contributed by atoms with Crippen molar-refractivity contribution in [2.75, 3.05) is 0 Å². The fraction of sp³-hybridized carbons (Fsp3) is 0.562. The molecular weight excluding hydrogens is 294 g/mol. The number of hydrogen-bond acceptors (Lipinski definition) is 3. The highest BCUT2D eigenvalue weighted by atomic mass is 16.2. The summed E-state index contributed by atoms with van der Waals surface area (Å²) in [5.74, 6) is 0.766. The van der Waals surface area contributed by atoms with E-state index in [0.717, 1.165) is 28.9 Å². The van der Waals surface area contributed by atoms with Crippen molar-refractivity contribution in [3.63, 3.8) is 0 Å². The summed E-state index contributed by atoms with van der Waals surface area (Å²) in [4.78, 5) is 29.3. The number of aryl methyl sites for hydroxylation is 2. The van der Waals surface area contributed by atoms with Crippen molar-refractivity contribution >= 4 is 16.9 Å². The average molecular weight is 315 g/mol. The average Bonchev–Trinajstić information content (AvgIpc) is 3.06. The van der Waals surface area contributed by atoms with Gasteiger partial charge in [0.2, 0.25) is 5.78 Å². The highest BCUT2D eigenvalue weighted by Gasteiger charge is 2.23. The lowest BCUT2D eigenvalue weighted by molar-refractivity contribution is 0.355. The monoisotopic (exact) mass is 315 g/mol. The van der Waals surface area contributed by atoms with Gasteiger partial charge in [-0.2, -0.15) is 4.98 Å². The Bertz CT molecular complexity index is 1030. The first kappa shape index (κ1) is 14.3. The Hall–Kier alpha value is -2.31. The van der Waals surface area contributed by atoms with Gasteiger partial charge in [-0.25, -0.2) is 4.79 Å². The zero-order chi connectivity index (χ0) is 16.3. The summed E-state index contributed by atoms with van der Waals surface area (Å²) >= 11 is 0. The maximum atomic E-state index is 12.6. The van der Waals surface area contributed by atoms with Crippen LogP contribution in [-0.4, -0.2) is 23.1 Å². The Morgan fingerprint density at radius 1 is 1.09 bits per heavy atom. The minimum Gasteiger partial charge on any atom is -0.311 e. The van der Waals surface area contributed by atoms with E-state index in [9.17, 15) is 9.59 Å². The topological polar surface area (TPSA) is 66.2 Å². The van der Waals surface area contributed by atoms with E-state index in [1.165, 1.54) is 30.9 Å². The highest BCUT2D eigenvalue weighted by molar-refractivity contribution is 5.75. The molecule has 3 aromatic rings. The smallest absolute Gasteiger partial charge is 0.311 e. The van der Waals surface area contributed by atoms with Crippen LogP contribution in [-0.2, 0) is 14.1 Å². The number of nitrogens with zero attached hydrogens (tertiary/aromatic N) is 5. The lowest BCUT2D eigenvalue weighted by Crippen LogP contribution is -2.37. The molecule has 4 rings (SSSR count). The minimum atomic E-state index is -0.343. The Labute approximate surface area is 132 Å². The molecule has 23 heavy (non-hydrogen) atoms. The molecule has 0 aliphatic heterocycles.